The number of nitrogens with zero attached hydrogens (tertiary/aromatic N) is 3. The zero-order valence-electron chi connectivity index (χ0n) is 17.1. The van der Waals surface area contributed by atoms with E-state index in [1.54, 1.807) is 11.3 Å². The summed E-state index contributed by atoms with van der Waals surface area (Å²) >= 11 is 1.64. The van der Waals surface area contributed by atoms with Gasteiger partial charge in [0.1, 0.15) is 0 Å². The summed E-state index contributed by atoms with van der Waals surface area (Å²) in [4.78, 5) is 18.6. The smallest absolute Gasteiger partial charge is 0.264 e. The lowest BCUT2D eigenvalue weighted by Crippen LogP contribution is -2.38. The van der Waals surface area contributed by atoms with Crippen LogP contribution >= 0.6 is 11.3 Å². The SMILES string of the molecule is O=C(c1cc(-c2ccccc2)c(N2CCOCC2)s1)N1CCC(n2cccc2)CC1. The zero-order chi connectivity index (χ0) is 20.3. The Kier molecular flexibility index (Phi) is 5.60. The molecule has 5 rings (SSSR count). The van der Waals surface area contributed by atoms with Crippen LogP contribution in [0.3, 0.4) is 0 Å². The Labute approximate surface area is 181 Å². The maximum Gasteiger partial charge on any atom is 0.264 e. The van der Waals surface area contributed by atoms with E-state index in [0.29, 0.717) is 6.04 Å². The highest BCUT2D eigenvalue weighted by molar-refractivity contribution is 7.18. The van der Waals surface area contributed by atoms with Gasteiger partial charge >= 0.3 is 0 Å². The Bertz CT molecular complexity index is 969. The van der Waals surface area contributed by atoms with E-state index < -0.39 is 0 Å². The van der Waals surface area contributed by atoms with E-state index in [2.05, 4.69) is 64.3 Å². The number of hydrogen-bond donors (Lipinski definition) is 0. The maximum absolute atomic E-state index is 13.4. The van der Waals surface area contributed by atoms with Gasteiger partial charge in [0.15, 0.2) is 0 Å². The van der Waals surface area contributed by atoms with Gasteiger partial charge in [0.25, 0.3) is 5.91 Å². The van der Waals surface area contributed by atoms with E-state index in [0.717, 1.165) is 62.7 Å². The van der Waals surface area contributed by atoms with Gasteiger partial charge in [-0.2, -0.15) is 0 Å². The average molecular weight is 422 g/mol. The summed E-state index contributed by atoms with van der Waals surface area (Å²) in [6.07, 6.45) is 6.27. The predicted octanol–water partition coefficient (Wildman–Crippen LogP) is 4.53. The van der Waals surface area contributed by atoms with Gasteiger partial charge in [-0.3, -0.25) is 4.79 Å². The summed E-state index contributed by atoms with van der Waals surface area (Å²) in [6.45, 7) is 4.84. The van der Waals surface area contributed by atoms with E-state index in [-0.39, 0.29) is 5.91 Å². The number of anilines is 1. The number of piperidine rings is 1. The topological polar surface area (TPSA) is 37.7 Å². The number of likely N-dealkylation sites (tertiary alicyclic amines) is 1. The number of rotatable bonds is 4. The van der Waals surface area contributed by atoms with E-state index >= 15 is 0 Å². The first kappa shape index (κ1) is 19.4. The molecule has 6 heteroatoms. The lowest BCUT2D eigenvalue weighted by Gasteiger charge is -2.32. The van der Waals surface area contributed by atoms with Crippen molar-refractivity contribution in [2.24, 2.45) is 0 Å². The predicted molar refractivity (Wildman–Crippen MR) is 121 cm³/mol. The number of aromatic nitrogens is 1. The van der Waals surface area contributed by atoms with Crippen molar-refractivity contribution >= 4 is 22.2 Å². The third-order valence-electron chi connectivity index (χ3n) is 6.11. The van der Waals surface area contributed by atoms with Gasteiger partial charge in [-0.05, 0) is 36.6 Å². The summed E-state index contributed by atoms with van der Waals surface area (Å²) in [7, 11) is 0. The fraction of sp³-hybridized carbons (Fsp3) is 0.375. The Balaban J connectivity index is 1.37. The zero-order valence-corrected chi connectivity index (χ0v) is 17.9. The van der Waals surface area contributed by atoms with Crippen molar-refractivity contribution in [3.8, 4) is 11.1 Å². The molecule has 30 heavy (non-hydrogen) atoms. The van der Waals surface area contributed by atoms with Crippen LogP contribution in [0.25, 0.3) is 11.1 Å². The molecular weight excluding hydrogens is 394 g/mol. The van der Waals surface area contributed by atoms with Gasteiger partial charge < -0.3 is 19.1 Å². The van der Waals surface area contributed by atoms with Gasteiger partial charge in [0, 0.05) is 50.2 Å². The van der Waals surface area contributed by atoms with Crippen LogP contribution in [0.1, 0.15) is 28.6 Å². The van der Waals surface area contributed by atoms with Crippen molar-refractivity contribution < 1.29 is 9.53 Å². The number of morpholine rings is 1. The molecule has 0 atom stereocenters. The minimum absolute atomic E-state index is 0.169. The van der Waals surface area contributed by atoms with Crippen molar-refractivity contribution in [1.82, 2.24) is 9.47 Å². The second-order valence-electron chi connectivity index (χ2n) is 7.95. The summed E-state index contributed by atoms with van der Waals surface area (Å²) in [6, 6.07) is 17.1. The summed E-state index contributed by atoms with van der Waals surface area (Å²) in [5, 5.41) is 1.19. The number of carbonyl (C=O) groups excluding carboxylic acids is 1. The molecule has 0 radical (unpaired) electrons. The molecule has 4 heterocycles. The van der Waals surface area contributed by atoms with Crippen LogP contribution in [0.2, 0.25) is 0 Å². The molecular formula is C24H27N3O2S. The fourth-order valence-corrected chi connectivity index (χ4v) is 5.63. The van der Waals surface area contributed by atoms with Crippen LogP contribution in [-0.4, -0.2) is 54.8 Å². The molecule has 0 spiro atoms. The minimum atomic E-state index is 0.169. The Hall–Kier alpha value is -2.57. The number of amides is 1. The summed E-state index contributed by atoms with van der Waals surface area (Å²) < 4.78 is 7.82. The summed E-state index contributed by atoms with van der Waals surface area (Å²) in [5.74, 6) is 0.169. The molecule has 2 aliphatic rings. The maximum atomic E-state index is 13.4. The molecule has 0 saturated carbocycles. The van der Waals surface area contributed by atoms with Crippen LogP contribution in [0.15, 0.2) is 60.9 Å². The third kappa shape index (κ3) is 3.89. The van der Waals surface area contributed by atoms with Gasteiger partial charge in [-0.1, -0.05) is 30.3 Å². The molecule has 2 aliphatic heterocycles. The van der Waals surface area contributed by atoms with E-state index in [1.165, 1.54) is 10.6 Å². The van der Waals surface area contributed by atoms with Crippen molar-refractivity contribution in [3.63, 3.8) is 0 Å². The van der Waals surface area contributed by atoms with E-state index in [1.807, 2.05) is 11.0 Å². The molecule has 0 aliphatic carbocycles. The fourth-order valence-electron chi connectivity index (χ4n) is 4.43. The van der Waals surface area contributed by atoms with E-state index in [9.17, 15) is 4.79 Å². The van der Waals surface area contributed by atoms with Gasteiger partial charge in [-0.25, -0.2) is 0 Å². The van der Waals surface area contributed by atoms with Crippen LogP contribution < -0.4 is 4.90 Å². The lowest BCUT2D eigenvalue weighted by molar-refractivity contribution is 0.0699. The quantitative estimate of drug-likeness (QED) is 0.621. The third-order valence-corrected chi connectivity index (χ3v) is 7.29. The van der Waals surface area contributed by atoms with Crippen molar-refractivity contribution in [3.05, 3.63) is 65.8 Å². The molecule has 0 N–H and O–H groups in total. The molecule has 5 nitrogen and oxygen atoms in total. The number of carbonyl (C=O) groups is 1. The Morgan fingerprint density at radius 3 is 2.33 bits per heavy atom. The Morgan fingerprint density at radius 1 is 0.933 bits per heavy atom. The standard InChI is InChI=1S/C24H27N3O2S/c28-23(26-12-8-20(9-13-26)25-10-4-5-11-25)22-18-21(19-6-2-1-3-7-19)24(30-22)27-14-16-29-17-15-27/h1-7,10-11,18,20H,8-9,12-17H2. The molecule has 2 saturated heterocycles. The second kappa shape index (κ2) is 8.66. The highest BCUT2D eigenvalue weighted by atomic mass is 32.1. The number of thiophene rings is 1. The van der Waals surface area contributed by atoms with Gasteiger partial charge in [-0.15, -0.1) is 11.3 Å². The molecule has 1 aromatic carbocycles. The van der Waals surface area contributed by atoms with Gasteiger partial charge in [0.2, 0.25) is 0 Å². The molecule has 0 unspecified atom stereocenters. The van der Waals surface area contributed by atoms with Crippen LogP contribution in [0, 0.1) is 0 Å². The first-order chi connectivity index (χ1) is 14.8. The monoisotopic (exact) mass is 421 g/mol. The van der Waals surface area contributed by atoms with Crippen molar-refractivity contribution in [2.75, 3.05) is 44.3 Å². The molecule has 156 valence electrons. The summed E-state index contributed by atoms with van der Waals surface area (Å²) in [5.41, 5.74) is 2.33. The van der Waals surface area contributed by atoms with Crippen LogP contribution in [0.4, 0.5) is 5.00 Å². The number of hydrogen-bond acceptors (Lipinski definition) is 4. The largest absolute Gasteiger partial charge is 0.378 e. The second-order valence-corrected chi connectivity index (χ2v) is 8.98. The van der Waals surface area contributed by atoms with Crippen LogP contribution in [-0.2, 0) is 4.74 Å². The Morgan fingerprint density at radius 2 is 1.63 bits per heavy atom. The van der Waals surface area contributed by atoms with Crippen molar-refractivity contribution in [2.45, 2.75) is 18.9 Å². The normalized spacial score (nSPS) is 18.0. The first-order valence-electron chi connectivity index (χ1n) is 10.7. The average Bonchev–Trinajstić information content (AvgIpc) is 3.51. The highest BCUT2D eigenvalue weighted by Gasteiger charge is 2.27. The molecule has 2 aromatic heterocycles. The lowest BCUT2D eigenvalue weighted by atomic mass is 10.0. The highest BCUT2D eigenvalue weighted by Crippen LogP contribution is 2.40. The number of ether oxygens (including phenoxy) is 1. The van der Waals surface area contributed by atoms with Crippen LogP contribution in [0.5, 0.6) is 0 Å². The van der Waals surface area contributed by atoms with E-state index in [4.69, 9.17) is 4.74 Å². The molecule has 0 bridgehead atoms. The van der Waals surface area contributed by atoms with Gasteiger partial charge in [0.05, 0.1) is 23.1 Å². The molecule has 1 amide bonds. The minimum Gasteiger partial charge on any atom is -0.378 e. The van der Waals surface area contributed by atoms with Crippen molar-refractivity contribution in [1.29, 1.82) is 0 Å². The number of benzene rings is 1. The molecule has 2 fully saturated rings. The molecule has 3 aromatic rings. The first-order valence-corrected chi connectivity index (χ1v) is 11.5.